The molecular formula is C11H22N4O3. The first-order chi connectivity index (χ1) is 8.17. The van der Waals surface area contributed by atoms with Gasteiger partial charge in [0, 0.05) is 4.91 Å². The highest BCUT2D eigenvalue weighted by Gasteiger charge is 2.26. The van der Waals surface area contributed by atoms with Gasteiger partial charge in [0.25, 0.3) is 0 Å². The number of ether oxygens (including phenoxy) is 1. The molecule has 0 fully saturated rings. The quantitative estimate of drug-likeness (QED) is 0.448. The Morgan fingerprint density at radius 1 is 1.50 bits per heavy atom. The number of carbonyl (C=O) groups is 1. The van der Waals surface area contributed by atoms with Gasteiger partial charge >= 0.3 is 6.09 Å². The smallest absolute Gasteiger partial charge is 0.407 e. The van der Waals surface area contributed by atoms with E-state index in [1.165, 1.54) is 0 Å². The van der Waals surface area contributed by atoms with E-state index < -0.39 is 23.8 Å². The fourth-order valence-corrected chi connectivity index (χ4v) is 1.38. The molecule has 18 heavy (non-hydrogen) atoms. The summed E-state index contributed by atoms with van der Waals surface area (Å²) in [4.78, 5) is 14.2. The molecule has 0 aromatic heterocycles. The molecule has 2 N–H and O–H groups in total. The number of nitrogens with one attached hydrogen (secondary N) is 1. The van der Waals surface area contributed by atoms with Crippen LogP contribution in [0.3, 0.4) is 0 Å². The number of aliphatic hydroxyl groups is 1. The van der Waals surface area contributed by atoms with Gasteiger partial charge in [0.15, 0.2) is 0 Å². The van der Waals surface area contributed by atoms with Crippen molar-refractivity contribution in [2.75, 3.05) is 6.54 Å². The second-order valence-corrected chi connectivity index (χ2v) is 5.40. The van der Waals surface area contributed by atoms with Crippen LogP contribution in [0.25, 0.3) is 10.4 Å². The van der Waals surface area contributed by atoms with Crippen molar-refractivity contribution in [1.82, 2.24) is 5.32 Å². The highest BCUT2D eigenvalue weighted by Crippen LogP contribution is 2.11. The van der Waals surface area contributed by atoms with Gasteiger partial charge in [-0.1, -0.05) is 19.0 Å². The molecule has 1 amide bonds. The van der Waals surface area contributed by atoms with Crippen molar-refractivity contribution in [2.45, 2.75) is 52.4 Å². The zero-order valence-electron chi connectivity index (χ0n) is 11.5. The standard InChI is InChI=1S/C11H22N4O3/c1-7(2)9(8(16)6-13-15-12)14-10(17)18-11(3,4)5/h7-9,16H,6H2,1-5H3,(H,14,17)/t8-,9-/m1/s1. The van der Waals surface area contributed by atoms with Crippen LogP contribution in [0.5, 0.6) is 0 Å². The van der Waals surface area contributed by atoms with Crippen LogP contribution < -0.4 is 5.32 Å². The maximum Gasteiger partial charge on any atom is 0.407 e. The van der Waals surface area contributed by atoms with Gasteiger partial charge in [-0.15, -0.1) is 0 Å². The first-order valence-corrected chi connectivity index (χ1v) is 5.86. The number of azide groups is 1. The van der Waals surface area contributed by atoms with E-state index in [1.54, 1.807) is 20.8 Å². The predicted octanol–water partition coefficient (Wildman–Crippen LogP) is 2.21. The molecule has 0 aliphatic carbocycles. The molecule has 0 heterocycles. The minimum absolute atomic E-state index is 0.0126. The minimum Gasteiger partial charge on any atom is -0.444 e. The summed E-state index contributed by atoms with van der Waals surface area (Å²) in [5, 5.41) is 15.7. The SMILES string of the molecule is CC(C)[C@@H](NC(=O)OC(C)(C)C)[C@H](O)CN=[N+]=[N-]. The van der Waals surface area contributed by atoms with Crippen LogP contribution in [-0.2, 0) is 4.74 Å². The Morgan fingerprint density at radius 2 is 2.06 bits per heavy atom. The molecule has 0 saturated carbocycles. The van der Waals surface area contributed by atoms with Gasteiger partial charge in [0.05, 0.1) is 18.7 Å². The van der Waals surface area contributed by atoms with Gasteiger partial charge in [0.1, 0.15) is 5.60 Å². The van der Waals surface area contributed by atoms with Crippen LogP contribution in [0.1, 0.15) is 34.6 Å². The molecular weight excluding hydrogens is 236 g/mol. The maximum atomic E-state index is 11.6. The summed E-state index contributed by atoms with van der Waals surface area (Å²) in [7, 11) is 0. The third-order valence-corrected chi connectivity index (χ3v) is 2.15. The van der Waals surface area contributed by atoms with Crippen molar-refractivity contribution in [3.63, 3.8) is 0 Å². The van der Waals surface area contributed by atoms with E-state index in [9.17, 15) is 9.90 Å². The number of carbonyl (C=O) groups excluding carboxylic acids is 1. The van der Waals surface area contributed by atoms with Gasteiger partial charge in [-0.05, 0) is 32.2 Å². The maximum absolute atomic E-state index is 11.6. The number of alkyl carbamates (subject to hydrolysis) is 1. The molecule has 0 aromatic rings. The second kappa shape index (κ2) is 7.08. The first kappa shape index (κ1) is 16.5. The monoisotopic (exact) mass is 258 g/mol. The van der Waals surface area contributed by atoms with Gasteiger partial charge in [-0.25, -0.2) is 4.79 Å². The van der Waals surface area contributed by atoms with E-state index >= 15 is 0 Å². The number of rotatable bonds is 5. The molecule has 0 aromatic carbocycles. The Labute approximate surface area is 107 Å². The van der Waals surface area contributed by atoms with Crippen molar-refractivity contribution in [3.05, 3.63) is 10.4 Å². The molecule has 0 bridgehead atoms. The topological polar surface area (TPSA) is 107 Å². The highest BCUT2D eigenvalue weighted by atomic mass is 16.6. The van der Waals surface area contributed by atoms with Crippen LogP contribution in [0.2, 0.25) is 0 Å². The lowest BCUT2D eigenvalue weighted by Crippen LogP contribution is -2.49. The third kappa shape index (κ3) is 6.98. The van der Waals surface area contributed by atoms with Crippen molar-refractivity contribution >= 4 is 6.09 Å². The first-order valence-electron chi connectivity index (χ1n) is 5.86. The molecule has 0 unspecified atom stereocenters. The second-order valence-electron chi connectivity index (χ2n) is 5.40. The Bertz CT molecular complexity index is 319. The van der Waals surface area contributed by atoms with Crippen LogP contribution in [0.15, 0.2) is 5.11 Å². The summed E-state index contributed by atoms with van der Waals surface area (Å²) in [6.45, 7) is 8.88. The van der Waals surface area contributed by atoms with E-state index in [4.69, 9.17) is 10.3 Å². The van der Waals surface area contributed by atoms with Crippen molar-refractivity contribution < 1.29 is 14.6 Å². The Balaban J connectivity index is 4.53. The van der Waals surface area contributed by atoms with E-state index in [1.807, 2.05) is 13.8 Å². The normalized spacial score (nSPS) is 14.6. The summed E-state index contributed by atoms with van der Waals surface area (Å²) in [5.74, 6) is -0.0126. The molecule has 104 valence electrons. The van der Waals surface area contributed by atoms with Crippen molar-refractivity contribution in [3.8, 4) is 0 Å². The molecule has 0 spiro atoms. The summed E-state index contributed by atoms with van der Waals surface area (Å²) in [5.41, 5.74) is 7.61. The lowest BCUT2D eigenvalue weighted by atomic mass is 9.99. The fraction of sp³-hybridized carbons (Fsp3) is 0.909. The number of nitrogens with zero attached hydrogens (tertiary/aromatic N) is 3. The Kier molecular flexibility index (Phi) is 6.51. The van der Waals surface area contributed by atoms with Gasteiger partial charge in [0.2, 0.25) is 0 Å². The summed E-state index contributed by atoms with van der Waals surface area (Å²) < 4.78 is 5.11. The summed E-state index contributed by atoms with van der Waals surface area (Å²) >= 11 is 0. The van der Waals surface area contributed by atoms with Crippen LogP contribution >= 0.6 is 0 Å². The van der Waals surface area contributed by atoms with Gasteiger partial charge in [-0.2, -0.15) is 0 Å². The molecule has 2 atom stereocenters. The van der Waals surface area contributed by atoms with Gasteiger partial charge < -0.3 is 15.2 Å². The lowest BCUT2D eigenvalue weighted by Gasteiger charge is -2.28. The Morgan fingerprint density at radius 3 is 2.44 bits per heavy atom. The lowest BCUT2D eigenvalue weighted by molar-refractivity contribution is 0.0387. The zero-order valence-corrected chi connectivity index (χ0v) is 11.5. The minimum atomic E-state index is -0.937. The van der Waals surface area contributed by atoms with Gasteiger partial charge in [-0.3, -0.25) is 0 Å². The van der Waals surface area contributed by atoms with Crippen LogP contribution in [0.4, 0.5) is 4.79 Å². The third-order valence-electron chi connectivity index (χ3n) is 2.15. The molecule has 0 saturated heterocycles. The number of amides is 1. The number of hydrogen-bond acceptors (Lipinski definition) is 4. The number of hydrogen-bond donors (Lipinski definition) is 2. The number of aliphatic hydroxyl groups excluding tert-OH is 1. The molecule has 7 nitrogen and oxygen atoms in total. The van der Waals surface area contributed by atoms with E-state index in [0.717, 1.165) is 0 Å². The predicted molar refractivity (Wildman–Crippen MR) is 68.0 cm³/mol. The Hall–Kier alpha value is -1.46. The van der Waals surface area contributed by atoms with Crippen LogP contribution in [0, 0.1) is 5.92 Å². The van der Waals surface area contributed by atoms with Crippen LogP contribution in [-0.4, -0.2) is 35.5 Å². The molecule has 0 radical (unpaired) electrons. The average molecular weight is 258 g/mol. The zero-order chi connectivity index (χ0) is 14.3. The highest BCUT2D eigenvalue weighted by molar-refractivity contribution is 5.68. The van der Waals surface area contributed by atoms with E-state index in [0.29, 0.717) is 0 Å². The van der Waals surface area contributed by atoms with Crippen molar-refractivity contribution in [1.29, 1.82) is 0 Å². The van der Waals surface area contributed by atoms with E-state index in [-0.39, 0.29) is 12.5 Å². The average Bonchev–Trinajstić information content (AvgIpc) is 2.19. The fourth-order valence-electron chi connectivity index (χ4n) is 1.38. The molecule has 0 rings (SSSR count). The summed E-state index contributed by atoms with van der Waals surface area (Å²) in [6, 6.07) is -0.523. The molecule has 0 aliphatic heterocycles. The van der Waals surface area contributed by atoms with E-state index in [2.05, 4.69) is 15.3 Å². The molecule has 0 aliphatic rings. The summed E-state index contributed by atoms with van der Waals surface area (Å²) in [6.07, 6.45) is -1.53. The molecule has 7 heteroatoms. The largest absolute Gasteiger partial charge is 0.444 e. The van der Waals surface area contributed by atoms with Crippen molar-refractivity contribution in [2.24, 2.45) is 11.0 Å².